The molecule has 2 aliphatic rings. The first kappa shape index (κ1) is 26.9. The number of benzene rings is 2. The predicted molar refractivity (Wildman–Crippen MR) is 148 cm³/mol. The van der Waals surface area contributed by atoms with Crippen molar-refractivity contribution in [2.75, 3.05) is 23.7 Å². The minimum absolute atomic E-state index is 0.0334. The van der Waals surface area contributed by atoms with Gasteiger partial charge < -0.3 is 16.8 Å². The van der Waals surface area contributed by atoms with Gasteiger partial charge in [-0.25, -0.2) is 17.5 Å². The Balaban J connectivity index is 1.43. The Morgan fingerprint density at radius 1 is 1.00 bits per heavy atom. The number of hydrogen-bond donors (Lipinski definition) is 4. The molecule has 10 heteroatoms. The number of nitrogens with two attached hydrogens (primary N) is 2. The van der Waals surface area contributed by atoms with Crippen LogP contribution in [0.3, 0.4) is 0 Å². The Bertz CT molecular complexity index is 1200. The summed E-state index contributed by atoms with van der Waals surface area (Å²) in [5, 5.41) is 11.0. The number of anilines is 2. The lowest BCUT2D eigenvalue weighted by molar-refractivity contribution is 0.230. The van der Waals surface area contributed by atoms with Crippen LogP contribution in [0.15, 0.2) is 48.5 Å². The van der Waals surface area contributed by atoms with Gasteiger partial charge in [0.1, 0.15) is 5.84 Å². The van der Waals surface area contributed by atoms with Gasteiger partial charge in [0, 0.05) is 42.1 Å². The van der Waals surface area contributed by atoms with Gasteiger partial charge in [-0.15, -0.1) is 0 Å². The molecule has 1 heterocycles. The number of piperidine rings is 1. The summed E-state index contributed by atoms with van der Waals surface area (Å²) in [5.41, 5.74) is 14.1. The average molecular weight is 527 g/mol. The Hall–Kier alpha value is -3.11. The van der Waals surface area contributed by atoms with Gasteiger partial charge in [-0.05, 0) is 49.4 Å². The third-order valence-electron chi connectivity index (χ3n) is 7.41. The van der Waals surface area contributed by atoms with Crippen molar-refractivity contribution in [3.63, 3.8) is 0 Å². The van der Waals surface area contributed by atoms with E-state index < -0.39 is 10.0 Å². The van der Waals surface area contributed by atoms with Gasteiger partial charge in [0.25, 0.3) is 0 Å². The molecule has 0 spiro atoms. The fraction of sp³-hybridized carbons (Fsp3) is 0.481. The van der Waals surface area contributed by atoms with E-state index in [-0.39, 0.29) is 29.7 Å². The molecule has 37 heavy (non-hydrogen) atoms. The quantitative estimate of drug-likeness (QED) is 0.188. The Labute approximate surface area is 219 Å². The zero-order chi connectivity index (χ0) is 26.4. The highest BCUT2D eigenvalue weighted by Gasteiger charge is 2.32. The largest absolute Gasteiger partial charge is 0.398 e. The molecule has 2 fully saturated rings. The third-order valence-corrected chi connectivity index (χ3v) is 9.24. The van der Waals surface area contributed by atoms with E-state index in [0.717, 1.165) is 31.4 Å². The van der Waals surface area contributed by atoms with Crippen molar-refractivity contribution >= 4 is 33.3 Å². The molecule has 1 saturated heterocycles. The molecule has 0 aromatic heterocycles. The first-order valence-corrected chi connectivity index (χ1v) is 14.7. The number of nitrogens with zero attached hydrogens (tertiary/aromatic N) is 2. The van der Waals surface area contributed by atoms with Crippen molar-refractivity contribution in [1.29, 1.82) is 5.41 Å². The SMILES string of the molecule is N=C(N)c1cccc(N(C(=O)NC2CCN(S(=O)(=O)Cc3ccccc3N)CC2)C2CCCCCC2)c1. The Morgan fingerprint density at radius 3 is 2.32 bits per heavy atom. The van der Waals surface area contributed by atoms with Gasteiger partial charge in [0.05, 0.1) is 5.75 Å². The van der Waals surface area contributed by atoms with E-state index in [1.807, 2.05) is 17.0 Å². The zero-order valence-electron chi connectivity index (χ0n) is 21.2. The van der Waals surface area contributed by atoms with E-state index in [2.05, 4.69) is 5.32 Å². The summed E-state index contributed by atoms with van der Waals surface area (Å²) in [7, 11) is -3.51. The van der Waals surface area contributed by atoms with Crippen LogP contribution in [0, 0.1) is 5.41 Å². The number of hydrogen-bond acceptors (Lipinski definition) is 5. The lowest BCUT2D eigenvalue weighted by atomic mass is 10.0. The molecular formula is C27H38N6O3S. The van der Waals surface area contributed by atoms with Crippen molar-refractivity contribution in [2.45, 2.75) is 69.2 Å². The van der Waals surface area contributed by atoms with Crippen LogP contribution in [0.25, 0.3) is 0 Å². The monoisotopic (exact) mass is 526 g/mol. The lowest BCUT2D eigenvalue weighted by Gasteiger charge is -2.36. The van der Waals surface area contributed by atoms with Gasteiger partial charge in [0.2, 0.25) is 10.0 Å². The van der Waals surface area contributed by atoms with Crippen LogP contribution in [-0.4, -0.2) is 49.8 Å². The van der Waals surface area contributed by atoms with Crippen LogP contribution in [0.5, 0.6) is 0 Å². The fourth-order valence-electron chi connectivity index (χ4n) is 5.31. The molecule has 9 nitrogen and oxygen atoms in total. The second-order valence-electron chi connectivity index (χ2n) is 10.1. The van der Waals surface area contributed by atoms with Gasteiger partial charge in [-0.1, -0.05) is 56.0 Å². The van der Waals surface area contributed by atoms with Crippen molar-refractivity contribution in [2.24, 2.45) is 5.73 Å². The third kappa shape index (κ3) is 6.81. The van der Waals surface area contributed by atoms with Gasteiger partial charge in [-0.3, -0.25) is 10.3 Å². The molecule has 4 rings (SSSR count). The highest BCUT2D eigenvalue weighted by atomic mass is 32.2. The standard InChI is InChI=1S/C27H38N6O3S/c28-25-13-6-5-8-21(25)19-37(35,36)32-16-14-22(15-17-32)31-27(34)33(23-10-3-1-2-4-11-23)24-12-7-9-20(18-24)26(29)30/h5-9,12-13,18,22-23H,1-4,10-11,14-17,19,28H2,(H3,29,30)(H,31,34). The molecule has 6 N–H and O–H groups in total. The maximum absolute atomic E-state index is 13.6. The molecule has 0 unspecified atom stereocenters. The number of sulfonamides is 1. The van der Waals surface area contributed by atoms with Gasteiger partial charge >= 0.3 is 6.03 Å². The molecular weight excluding hydrogens is 488 g/mol. The van der Waals surface area contributed by atoms with Crippen molar-refractivity contribution in [3.8, 4) is 0 Å². The van der Waals surface area contributed by atoms with E-state index in [9.17, 15) is 13.2 Å². The molecule has 0 bridgehead atoms. The molecule has 2 aromatic rings. The maximum atomic E-state index is 13.6. The summed E-state index contributed by atoms with van der Waals surface area (Å²) >= 11 is 0. The number of nitrogens with one attached hydrogen (secondary N) is 2. The van der Waals surface area contributed by atoms with Crippen LogP contribution in [0.2, 0.25) is 0 Å². The second kappa shape index (κ2) is 12.0. The van der Waals surface area contributed by atoms with E-state index in [1.165, 1.54) is 17.1 Å². The number of rotatable bonds is 7. The van der Waals surface area contributed by atoms with E-state index in [1.54, 1.807) is 36.4 Å². The molecule has 1 aliphatic heterocycles. The fourth-order valence-corrected chi connectivity index (χ4v) is 6.91. The van der Waals surface area contributed by atoms with Crippen molar-refractivity contribution < 1.29 is 13.2 Å². The first-order valence-electron chi connectivity index (χ1n) is 13.1. The first-order chi connectivity index (χ1) is 17.7. The summed E-state index contributed by atoms with van der Waals surface area (Å²) in [5.74, 6) is -0.160. The summed E-state index contributed by atoms with van der Waals surface area (Å²) in [6, 6.07) is 14.1. The van der Waals surface area contributed by atoms with E-state index in [0.29, 0.717) is 42.7 Å². The highest BCUT2D eigenvalue weighted by Crippen LogP contribution is 2.28. The lowest BCUT2D eigenvalue weighted by Crippen LogP contribution is -2.53. The van der Waals surface area contributed by atoms with E-state index in [4.69, 9.17) is 16.9 Å². The molecule has 1 aliphatic carbocycles. The molecule has 0 radical (unpaired) electrons. The average Bonchev–Trinajstić information content (AvgIpc) is 3.15. The van der Waals surface area contributed by atoms with E-state index >= 15 is 0 Å². The van der Waals surface area contributed by atoms with Gasteiger partial charge in [-0.2, -0.15) is 0 Å². The van der Waals surface area contributed by atoms with Crippen molar-refractivity contribution in [1.82, 2.24) is 9.62 Å². The number of nitrogen functional groups attached to an aromatic ring is 2. The van der Waals surface area contributed by atoms with Crippen LogP contribution >= 0.6 is 0 Å². The van der Waals surface area contributed by atoms with Gasteiger partial charge in [0.15, 0.2) is 0 Å². The maximum Gasteiger partial charge on any atom is 0.322 e. The van der Waals surface area contributed by atoms with Crippen LogP contribution in [-0.2, 0) is 15.8 Å². The molecule has 2 amide bonds. The van der Waals surface area contributed by atoms with Crippen LogP contribution < -0.4 is 21.7 Å². The normalized spacial score (nSPS) is 18.2. The Kier molecular flexibility index (Phi) is 8.71. The smallest absolute Gasteiger partial charge is 0.322 e. The number of para-hydroxylation sites is 1. The summed E-state index contributed by atoms with van der Waals surface area (Å²) in [6.07, 6.45) is 7.42. The second-order valence-corrected chi connectivity index (χ2v) is 12.0. The van der Waals surface area contributed by atoms with Crippen molar-refractivity contribution in [3.05, 3.63) is 59.7 Å². The molecule has 200 valence electrons. The molecule has 0 atom stereocenters. The number of carbonyl (C=O) groups is 1. The number of amidine groups is 1. The predicted octanol–water partition coefficient (Wildman–Crippen LogP) is 3.79. The number of amides is 2. The molecule has 1 saturated carbocycles. The van der Waals surface area contributed by atoms with Crippen LogP contribution in [0.1, 0.15) is 62.5 Å². The number of carbonyl (C=O) groups excluding carboxylic acids is 1. The summed E-state index contributed by atoms with van der Waals surface area (Å²) in [4.78, 5) is 15.5. The molecule has 2 aromatic carbocycles. The van der Waals surface area contributed by atoms with Crippen LogP contribution in [0.4, 0.5) is 16.2 Å². The number of urea groups is 1. The minimum atomic E-state index is -3.51. The summed E-state index contributed by atoms with van der Waals surface area (Å²) < 4.78 is 27.5. The Morgan fingerprint density at radius 2 is 1.68 bits per heavy atom. The highest BCUT2D eigenvalue weighted by molar-refractivity contribution is 7.88. The zero-order valence-corrected chi connectivity index (χ0v) is 22.1. The summed E-state index contributed by atoms with van der Waals surface area (Å²) in [6.45, 7) is 0.701. The minimum Gasteiger partial charge on any atom is -0.398 e. The topological polar surface area (TPSA) is 146 Å².